The zero-order valence-corrected chi connectivity index (χ0v) is 14.4. The molecule has 0 saturated heterocycles. The molecule has 1 atom stereocenters. The predicted molar refractivity (Wildman–Crippen MR) is 94.0 cm³/mol. The molecular weight excluding hydrogens is 409 g/mol. The van der Waals surface area contributed by atoms with Gasteiger partial charge in [-0.05, 0) is 45.9 Å². The first-order valence-corrected chi connectivity index (χ1v) is 8.07. The molecule has 2 aromatic carbocycles. The van der Waals surface area contributed by atoms with E-state index < -0.39 is 18.1 Å². The third-order valence-electron chi connectivity index (χ3n) is 3.16. The summed E-state index contributed by atoms with van der Waals surface area (Å²) in [6, 6.07) is 15.6. The zero-order valence-electron chi connectivity index (χ0n) is 12.2. The Hall–Kier alpha value is -2.09. The summed E-state index contributed by atoms with van der Waals surface area (Å²) in [6.07, 6.45) is -0.543. The minimum atomic E-state index is -1.10. The number of benzene rings is 2. The first-order chi connectivity index (χ1) is 11.0. The molecule has 0 fully saturated rings. The number of nitrogens with one attached hydrogen (secondary N) is 1. The summed E-state index contributed by atoms with van der Waals surface area (Å²) >= 11 is 2.17. The van der Waals surface area contributed by atoms with Crippen molar-refractivity contribution in [2.45, 2.75) is 19.1 Å². The van der Waals surface area contributed by atoms with Crippen LogP contribution < -0.4 is 5.32 Å². The first-order valence-electron chi connectivity index (χ1n) is 6.99. The smallest absolute Gasteiger partial charge is 0.408 e. The largest absolute Gasteiger partial charge is 0.480 e. The summed E-state index contributed by atoms with van der Waals surface area (Å²) in [4.78, 5) is 23.1. The molecule has 0 aliphatic rings. The summed E-state index contributed by atoms with van der Waals surface area (Å²) in [6.45, 7) is 0.0997. The minimum absolute atomic E-state index is 0.0997. The second-order valence-corrected chi connectivity index (χ2v) is 6.17. The highest BCUT2D eigenvalue weighted by molar-refractivity contribution is 14.1. The summed E-state index contributed by atoms with van der Waals surface area (Å²) in [5.74, 6) is -1.10. The molecule has 2 aromatic rings. The van der Waals surface area contributed by atoms with E-state index in [1.54, 1.807) is 0 Å². The molecule has 0 heterocycles. The number of hydrogen-bond donors (Lipinski definition) is 2. The van der Waals surface area contributed by atoms with Gasteiger partial charge in [0.15, 0.2) is 0 Å². The number of carbonyl (C=O) groups excluding carboxylic acids is 1. The van der Waals surface area contributed by atoms with Gasteiger partial charge in [0.25, 0.3) is 0 Å². The Morgan fingerprint density at radius 2 is 1.70 bits per heavy atom. The van der Waals surface area contributed by atoms with Gasteiger partial charge in [-0.15, -0.1) is 0 Å². The lowest BCUT2D eigenvalue weighted by Gasteiger charge is -2.15. The monoisotopic (exact) mass is 425 g/mol. The van der Waals surface area contributed by atoms with Crippen molar-refractivity contribution >= 4 is 34.7 Å². The molecule has 0 aliphatic carbocycles. The molecule has 6 heteroatoms. The van der Waals surface area contributed by atoms with Crippen LogP contribution in [0, 0.1) is 3.57 Å². The van der Waals surface area contributed by atoms with Gasteiger partial charge in [-0.25, -0.2) is 9.59 Å². The predicted octanol–water partition coefficient (Wildman–Crippen LogP) is 3.21. The van der Waals surface area contributed by atoms with Crippen molar-refractivity contribution in [1.82, 2.24) is 5.32 Å². The fourth-order valence-electron chi connectivity index (χ4n) is 1.96. The third-order valence-corrected chi connectivity index (χ3v) is 3.88. The lowest BCUT2D eigenvalue weighted by Crippen LogP contribution is -2.42. The number of aliphatic carboxylic acids is 1. The van der Waals surface area contributed by atoms with Crippen LogP contribution in [0.1, 0.15) is 11.1 Å². The van der Waals surface area contributed by atoms with Crippen LogP contribution in [0.2, 0.25) is 0 Å². The second kappa shape index (κ2) is 8.52. The van der Waals surface area contributed by atoms with Gasteiger partial charge < -0.3 is 15.2 Å². The molecule has 0 unspecified atom stereocenters. The molecule has 120 valence electrons. The zero-order chi connectivity index (χ0) is 16.7. The average molecular weight is 425 g/mol. The van der Waals surface area contributed by atoms with Crippen LogP contribution in [0.3, 0.4) is 0 Å². The summed E-state index contributed by atoms with van der Waals surface area (Å²) in [7, 11) is 0. The standard InChI is InChI=1S/C17H16INO4/c18-14-8-6-12(7-9-14)10-15(16(20)21)19-17(22)23-11-13-4-2-1-3-5-13/h1-9,15H,10-11H2,(H,19,22)(H,20,21)/t15-/m1/s1. The Morgan fingerprint density at radius 1 is 1.04 bits per heavy atom. The lowest BCUT2D eigenvalue weighted by molar-refractivity contribution is -0.139. The fourth-order valence-corrected chi connectivity index (χ4v) is 2.32. The van der Waals surface area contributed by atoms with Crippen molar-refractivity contribution in [3.05, 3.63) is 69.3 Å². The quantitative estimate of drug-likeness (QED) is 0.698. The van der Waals surface area contributed by atoms with E-state index >= 15 is 0 Å². The van der Waals surface area contributed by atoms with Gasteiger partial charge in [0.2, 0.25) is 0 Å². The van der Waals surface area contributed by atoms with E-state index in [9.17, 15) is 14.7 Å². The maximum absolute atomic E-state index is 11.8. The van der Waals surface area contributed by atoms with Crippen LogP contribution in [0.4, 0.5) is 4.79 Å². The maximum atomic E-state index is 11.8. The molecule has 2 rings (SSSR count). The number of ether oxygens (including phenoxy) is 1. The molecule has 0 bridgehead atoms. The van der Waals surface area contributed by atoms with E-state index in [0.29, 0.717) is 0 Å². The average Bonchev–Trinajstić information content (AvgIpc) is 2.55. The molecule has 2 N–H and O–H groups in total. The van der Waals surface area contributed by atoms with Crippen molar-refractivity contribution in [3.8, 4) is 0 Å². The van der Waals surface area contributed by atoms with Gasteiger partial charge in [-0.1, -0.05) is 42.5 Å². The summed E-state index contributed by atoms with van der Waals surface area (Å²) in [5, 5.41) is 11.6. The number of carboxylic acids is 1. The molecule has 0 radical (unpaired) electrons. The van der Waals surface area contributed by atoms with Crippen LogP contribution in [0.5, 0.6) is 0 Å². The number of carbonyl (C=O) groups is 2. The summed E-state index contributed by atoms with van der Waals surface area (Å²) < 4.78 is 6.11. The van der Waals surface area contributed by atoms with Gasteiger partial charge in [0.05, 0.1) is 0 Å². The molecule has 5 nitrogen and oxygen atoms in total. The molecule has 1 amide bonds. The minimum Gasteiger partial charge on any atom is -0.480 e. The molecule has 0 aliphatic heterocycles. The number of hydrogen-bond acceptors (Lipinski definition) is 3. The molecule has 0 aromatic heterocycles. The molecule has 23 heavy (non-hydrogen) atoms. The summed E-state index contributed by atoms with van der Waals surface area (Å²) in [5.41, 5.74) is 1.67. The van der Waals surface area contributed by atoms with Gasteiger partial charge in [-0.2, -0.15) is 0 Å². The van der Waals surface area contributed by atoms with E-state index in [1.165, 1.54) is 0 Å². The SMILES string of the molecule is O=C(N[C@H](Cc1ccc(I)cc1)C(=O)O)OCc1ccccc1. The highest BCUT2D eigenvalue weighted by Crippen LogP contribution is 2.09. The van der Waals surface area contributed by atoms with E-state index in [1.807, 2.05) is 54.6 Å². The van der Waals surface area contributed by atoms with Crippen molar-refractivity contribution in [2.75, 3.05) is 0 Å². The van der Waals surface area contributed by atoms with Crippen LogP contribution in [-0.4, -0.2) is 23.2 Å². The maximum Gasteiger partial charge on any atom is 0.408 e. The number of alkyl carbamates (subject to hydrolysis) is 1. The third kappa shape index (κ3) is 5.90. The van der Waals surface area contributed by atoms with Crippen LogP contribution in [-0.2, 0) is 22.6 Å². The number of rotatable bonds is 6. The van der Waals surface area contributed by atoms with Gasteiger partial charge in [0, 0.05) is 9.99 Å². The lowest BCUT2D eigenvalue weighted by atomic mass is 10.1. The number of halogens is 1. The number of amides is 1. The van der Waals surface area contributed by atoms with Crippen LogP contribution >= 0.6 is 22.6 Å². The molecular formula is C17H16INO4. The molecule has 0 spiro atoms. The Morgan fingerprint density at radius 3 is 2.30 bits per heavy atom. The van der Waals surface area contributed by atoms with Gasteiger partial charge >= 0.3 is 12.1 Å². The fraction of sp³-hybridized carbons (Fsp3) is 0.176. The van der Waals surface area contributed by atoms with E-state index in [0.717, 1.165) is 14.7 Å². The van der Waals surface area contributed by atoms with Crippen molar-refractivity contribution in [2.24, 2.45) is 0 Å². The second-order valence-electron chi connectivity index (χ2n) is 4.93. The number of carboxylic acid groups (broad SMARTS) is 1. The van der Waals surface area contributed by atoms with Gasteiger partial charge in [0.1, 0.15) is 12.6 Å². The van der Waals surface area contributed by atoms with E-state index in [4.69, 9.17) is 4.74 Å². The Balaban J connectivity index is 1.89. The normalized spacial score (nSPS) is 11.5. The molecule has 0 saturated carbocycles. The topological polar surface area (TPSA) is 75.6 Å². The first kappa shape index (κ1) is 17.3. The van der Waals surface area contributed by atoms with E-state index in [-0.39, 0.29) is 13.0 Å². The van der Waals surface area contributed by atoms with E-state index in [2.05, 4.69) is 27.9 Å². The van der Waals surface area contributed by atoms with Gasteiger partial charge in [-0.3, -0.25) is 0 Å². The Kier molecular flexibility index (Phi) is 6.40. The van der Waals surface area contributed by atoms with Crippen LogP contribution in [0.15, 0.2) is 54.6 Å². The van der Waals surface area contributed by atoms with Crippen molar-refractivity contribution in [1.29, 1.82) is 0 Å². The Labute approximate surface area is 147 Å². The highest BCUT2D eigenvalue weighted by atomic mass is 127. The highest BCUT2D eigenvalue weighted by Gasteiger charge is 2.21. The van der Waals surface area contributed by atoms with Crippen molar-refractivity contribution < 1.29 is 19.4 Å². The van der Waals surface area contributed by atoms with Crippen LogP contribution in [0.25, 0.3) is 0 Å². The van der Waals surface area contributed by atoms with Crippen molar-refractivity contribution in [3.63, 3.8) is 0 Å². The Bertz CT molecular complexity index is 658.